The molecule has 1 aromatic heterocycles. The van der Waals surface area contributed by atoms with Gasteiger partial charge in [0.2, 0.25) is 15.9 Å². The summed E-state index contributed by atoms with van der Waals surface area (Å²) in [4.78, 5) is 15.1. The standard InChI is InChI=1S/C17H28N4O3S/c1-4-8-19-12-15(11-18-19)25(23,24)20-10-7-17(13-20)6-5-9-21(14(2)3)16(17)22/h11-12,14H,4-10,13H2,1-3H3/t17-/m0/s1. The average Bonchev–Trinajstić information content (AvgIpc) is 3.19. The van der Waals surface area contributed by atoms with Crippen LogP contribution in [-0.4, -0.2) is 59.0 Å². The Bertz CT molecular complexity index is 743. The highest BCUT2D eigenvalue weighted by Gasteiger charge is 2.51. The van der Waals surface area contributed by atoms with Crippen LogP contribution in [0, 0.1) is 5.41 Å². The van der Waals surface area contributed by atoms with E-state index in [1.807, 2.05) is 25.7 Å². The van der Waals surface area contributed by atoms with Crippen LogP contribution >= 0.6 is 0 Å². The number of hydrogen-bond acceptors (Lipinski definition) is 4. The van der Waals surface area contributed by atoms with Gasteiger partial charge in [0, 0.05) is 38.4 Å². The van der Waals surface area contributed by atoms with Crippen molar-refractivity contribution >= 4 is 15.9 Å². The summed E-state index contributed by atoms with van der Waals surface area (Å²) >= 11 is 0. The average molecular weight is 369 g/mol. The maximum absolute atomic E-state index is 13.0. The number of aromatic nitrogens is 2. The molecule has 1 aromatic rings. The molecule has 0 bridgehead atoms. The van der Waals surface area contributed by atoms with Crippen molar-refractivity contribution in [3.05, 3.63) is 12.4 Å². The second-order valence-corrected chi connectivity index (χ2v) is 9.44. The van der Waals surface area contributed by atoms with E-state index in [-0.39, 0.29) is 23.4 Å². The predicted octanol–water partition coefficient (Wildman–Crippen LogP) is 1.70. The van der Waals surface area contributed by atoms with E-state index < -0.39 is 15.4 Å². The molecule has 1 spiro atoms. The smallest absolute Gasteiger partial charge is 0.246 e. The first-order chi connectivity index (χ1) is 11.8. The molecular formula is C17H28N4O3S. The molecule has 0 saturated carbocycles. The van der Waals surface area contributed by atoms with E-state index in [9.17, 15) is 13.2 Å². The number of sulfonamides is 1. The molecule has 0 N–H and O–H groups in total. The number of piperidine rings is 1. The Morgan fingerprint density at radius 1 is 1.28 bits per heavy atom. The summed E-state index contributed by atoms with van der Waals surface area (Å²) in [5.41, 5.74) is -0.547. The zero-order chi connectivity index (χ0) is 18.2. The first-order valence-corrected chi connectivity index (χ1v) is 10.6. The molecule has 7 nitrogen and oxygen atoms in total. The molecule has 140 valence electrons. The van der Waals surface area contributed by atoms with Crippen LogP contribution in [0.1, 0.15) is 46.5 Å². The third kappa shape index (κ3) is 3.21. The van der Waals surface area contributed by atoms with E-state index in [2.05, 4.69) is 5.10 Å². The molecule has 2 aliphatic heterocycles. The van der Waals surface area contributed by atoms with Crippen molar-refractivity contribution in [3.63, 3.8) is 0 Å². The zero-order valence-corrected chi connectivity index (χ0v) is 16.1. The van der Waals surface area contributed by atoms with Crippen LogP contribution in [0.3, 0.4) is 0 Å². The fourth-order valence-corrected chi connectivity index (χ4v) is 5.47. The second kappa shape index (κ2) is 6.72. The molecule has 8 heteroatoms. The Morgan fingerprint density at radius 3 is 2.72 bits per heavy atom. The monoisotopic (exact) mass is 368 g/mol. The minimum atomic E-state index is -3.59. The van der Waals surface area contributed by atoms with Gasteiger partial charge in [0.1, 0.15) is 4.90 Å². The van der Waals surface area contributed by atoms with Gasteiger partial charge in [-0.3, -0.25) is 9.48 Å². The SMILES string of the molecule is CCCn1cc(S(=O)(=O)N2CC[C@@]3(CCCN(C(C)C)C3=O)C2)cn1. The Labute approximate surface area is 150 Å². The Morgan fingerprint density at radius 2 is 2.04 bits per heavy atom. The largest absolute Gasteiger partial charge is 0.340 e. The predicted molar refractivity (Wildman–Crippen MR) is 94.4 cm³/mol. The molecule has 1 atom stereocenters. The molecule has 0 aliphatic carbocycles. The first kappa shape index (κ1) is 18.4. The van der Waals surface area contributed by atoms with Crippen LogP contribution in [0.15, 0.2) is 17.3 Å². The van der Waals surface area contributed by atoms with Crippen molar-refractivity contribution in [3.8, 4) is 0 Å². The third-order valence-electron chi connectivity index (χ3n) is 5.41. The highest BCUT2D eigenvalue weighted by Crippen LogP contribution is 2.42. The van der Waals surface area contributed by atoms with Crippen LogP contribution in [0.2, 0.25) is 0 Å². The molecule has 1 amide bonds. The van der Waals surface area contributed by atoms with E-state index in [4.69, 9.17) is 0 Å². The molecule has 25 heavy (non-hydrogen) atoms. The maximum atomic E-state index is 13.0. The van der Waals surface area contributed by atoms with Gasteiger partial charge in [-0.25, -0.2) is 8.42 Å². The highest BCUT2D eigenvalue weighted by atomic mass is 32.2. The van der Waals surface area contributed by atoms with Crippen molar-refractivity contribution in [2.24, 2.45) is 5.41 Å². The van der Waals surface area contributed by atoms with Crippen molar-refractivity contribution in [2.75, 3.05) is 19.6 Å². The Kier molecular flexibility index (Phi) is 4.94. The summed E-state index contributed by atoms with van der Waals surface area (Å²) in [5.74, 6) is 0.119. The van der Waals surface area contributed by atoms with Crippen LogP contribution in [0.4, 0.5) is 0 Å². The van der Waals surface area contributed by atoms with Gasteiger partial charge >= 0.3 is 0 Å². The first-order valence-electron chi connectivity index (χ1n) is 9.14. The molecule has 0 aromatic carbocycles. The number of carbonyl (C=O) groups is 1. The van der Waals surface area contributed by atoms with Gasteiger partial charge in [-0.2, -0.15) is 9.40 Å². The lowest BCUT2D eigenvalue weighted by molar-refractivity contribution is -0.147. The summed E-state index contributed by atoms with van der Waals surface area (Å²) in [6.45, 7) is 8.21. The van der Waals surface area contributed by atoms with Crippen molar-refractivity contribution in [1.82, 2.24) is 19.0 Å². The van der Waals surface area contributed by atoms with E-state index in [0.717, 1.165) is 25.8 Å². The summed E-state index contributed by atoms with van der Waals surface area (Å²) in [6.07, 6.45) is 6.22. The minimum Gasteiger partial charge on any atom is -0.340 e. The fraction of sp³-hybridized carbons (Fsp3) is 0.765. The minimum absolute atomic E-state index is 0.119. The molecule has 2 fully saturated rings. The summed E-state index contributed by atoms with van der Waals surface area (Å²) in [7, 11) is -3.59. The maximum Gasteiger partial charge on any atom is 0.246 e. The number of nitrogens with zero attached hydrogens (tertiary/aromatic N) is 4. The van der Waals surface area contributed by atoms with Crippen molar-refractivity contribution in [2.45, 2.75) is 63.9 Å². The van der Waals surface area contributed by atoms with Gasteiger partial charge in [0.25, 0.3) is 0 Å². The van der Waals surface area contributed by atoms with Crippen LogP contribution in [-0.2, 0) is 21.4 Å². The quantitative estimate of drug-likeness (QED) is 0.793. The molecule has 0 unspecified atom stereocenters. The number of aryl methyl sites for hydroxylation is 1. The number of hydrogen-bond donors (Lipinski definition) is 0. The van der Waals surface area contributed by atoms with Crippen LogP contribution < -0.4 is 0 Å². The number of carbonyl (C=O) groups excluding carboxylic acids is 1. The van der Waals surface area contributed by atoms with Gasteiger partial charge < -0.3 is 4.90 Å². The lowest BCUT2D eigenvalue weighted by Crippen LogP contribution is -2.52. The van der Waals surface area contributed by atoms with Gasteiger partial charge in [-0.05, 0) is 39.5 Å². The van der Waals surface area contributed by atoms with Crippen molar-refractivity contribution in [1.29, 1.82) is 0 Å². The molecule has 2 saturated heterocycles. The fourth-order valence-electron chi connectivity index (χ4n) is 3.99. The Balaban J connectivity index is 1.80. The lowest BCUT2D eigenvalue weighted by atomic mass is 9.78. The highest BCUT2D eigenvalue weighted by molar-refractivity contribution is 7.89. The summed E-state index contributed by atoms with van der Waals surface area (Å²) in [6, 6.07) is 0.155. The number of likely N-dealkylation sites (tertiary alicyclic amines) is 1. The van der Waals surface area contributed by atoms with E-state index in [1.54, 1.807) is 10.9 Å². The molecule has 0 radical (unpaired) electrons. The van der Waals surface area contributed by atoms with Gasteiger partial charge in [-0.15, -0.1) is 0 Å². The topological polar surface area (TPSA) is 75.5 Å². The van der Waals surface area contributed by atoms with E-state index in [1.165, 1.54) is 10.5 Å². The molecule has 3 heterocycles. The number of rotatable bonds is 5. The third-order valence-corrected chi connectivity index (χ3v) is 7.21. The second-order valence-electron chi connectivity index (χ2n) is 7.50. The molecular weight excluding hydrogens is 340 g/mol. The Hall–Kier alpha value is -1.41. The lowest BCUT2D eigenvalue weighted by Gasteiger charge is -2.41. The molecule has 3 rings (SSSR count). The van der Waals surface area contributed by atoms with Crippen molar-refractivity contribution < 1.29 is 13.2 Å². The zero-order valence-electron chi connectivity index (χ0n) is 15.3. The normalized spacial score (nSPS) is 25.4. The van der Waals surface area contributed by atoms with Crippen LogP contribution in [0.25, 0.3) is 0 Å². The summed E-state index contributed by atoms with van der Waals surface area (Å²) in [5, 5.41) is 4.13. The van der Waals surface area contributed by atoms with Gasteiger partial charge in [0.15, 0.2) is 0 Å². The van der Waals surface area contributed by atoms with E-state index in [0.29, 0.717) is 19.5 Å². The van der Waals surface area contributed by atoms with Crippen LogP contribution in [0.5, 0.6) is 0 Å². The van der Waals surface area contributed by atoms with E-state index >= 15 is 0 Å². The van der Waals surface area contributed by atoms with Gasteiger partial charge in [-0.1, -0.05) is 6.92 Å². The molecule has 2 aliphatic rings. The summed E-state index contributed by atoms with van der Waals surface area (Å²) < 4.78 is 29.0. The number of amides is 1. The van der Waals surface area contributed by atoms with Gasteiger partial charge in [0.05, 0.1) is 11.6 Å².